The second-order valence-electron chi connectivity index (χ2n) is 17.2. The molecule has 0 bridgehead atoms. The lowest BCUT2D eigenvalue weighted by Crippen LogP contribution is -2.02. The molecule has 0 saturated heterocycles. The van der Waals surface area contributed by atoms with E-state index in [2.05, 4.69) is 215 Å². The number of hydrogen-bond acceptors (Lipinski definition) is 4. The first-order valence-electron chi connectivity index (χ1n) is 22.6. The zero-order valence-corrected chi connectivity index (χ0v) is 36.0. The van der Waals surface area contributed by atoms with E-state index in [4.69, 9.17) is 19.4 Å². The third kappa shape index (κ3) is 5.93. The van der Waals surface area contributed by atoms with Crippen molar-refractivity contribution in [2.45, 2.75) is 0 Å². The second-order valence-corrected chi connectivity index (χ2v) is 17.2. The Hall–Kier alpha value is -9.13. The van der Waals surface area contributed by atoms with Crippen molar-refractivity contribution < 1.29 is 4.42 Å². The molecule has 0 amide bonds. The van der Waals surface area contributed by atoms with Crippen LogP contribution in [0, 0.1) is 0 Å². The van der Waals surface area contributed by atoms with E-state index < -0.39 is 0 Å². The normalized spacial score (nSPS) is 11.9. The maximum absolute atomic E-state index is 6.85. The topological polar surface area (TPSA) is 61.7 Å². The van der Waals surface area contributed by atoms with E-state index in [0.29, 0.717) is 17.5 Å². The number of fused-ring (bicyclic) bond motifs is 10. The monoisotopic (exact) mass is 855 g/mol. The highest BCUT2D eigenvalue weighted by atomic mass is 16.3. The van der Waals surface area contributed by atoms with Crippen LogP contribution >= 0.6 is 0 Å². The van der Waals surface area contributed by atoms with Gasteiger partial charge in [0.25, 0.3) is 0 Å². The van der Waals surface area contributed by atoms with Crippen molar-refractivity contribution in [1.82, 2.24) is 24.1 Å². The van der Waals surface area contributed by atoms with Crippen molar-refractivity contribution in [2.75, 3.05) is 0 Å². The van der Waals surface area contributed by atoms with Crippen LogP contribution in [0.5, 0.6) is 0 Å². The molecule has 0 unspecified atom stereocenters. The van der Waals surface area contributed by atoms with Crippen molar-refractivity contribution >= 4 is 76.3 Å². The molecule has 312 valence electrons. The quantitative estimate of drug-likeness (QED) is 0.167. The molecule has 0 aliphatic heterocycles. The summed E-state index contributed by atoms with van der Waals surface area (Å²) in [5, 5.41) is 9.08. The fourth-order valence-electron chi connectivity index (χ4n) is 10.2. The van der Waals surface area contributed by atoms with Crippen LogP contribution in [0.25, 0.3) is 133 Å². The summed E-state index contributed by atoms with van der Waals surface area (Å²) in [6.45, 7) is 0. The minimum Gasteiger partial charge on any atom is -0.454 e. The summed E-state index contributed by atoms with van der Waals surface area (Å²) in [5.74, 6) is 1.74. The fraction of sp³-hybridized carbons (Fsp3) is 0. The van der Waals surface area contributed by atoms with Crippen LogP contribution in [-0.4, -0.2) is 24.1 Å². The van der Waals surface area contributed by atoms with Gasteiger partial charge in [-0.05, 0) is 82.6 Å². The molecule has 0 radical (unpaired) electrons. The fourth-order valence-corrected chi connectivity index (χ4v) is 10.2. The van der Waals surface area contributed by atoms with Crippen LogP contribution in [0.15, 0.2) is 229 Å². The lowest BCUT2D eigenvalue weighted by atomic mass is 10.0. The van der Waals surface area contributed by atoms with Crippen LogP contribution in [0.1, 0.15) is 0 Å². The minimum atomic E-state index is 0.565. The van der Waals surface area contributed by atoms with Gasteiger partial charge in [-0.1, -0.05) is 164 Å². The Bertz CT molecular complexity index is 4260. The number of nitrogens with zero attached hydrogens (tertiary/aromatic N) is 5. The molecule has 0 spiro atoms. The number of furan rings is 1. The van der Waals surface area contributed by atoms with Crippen molar-refractivity contribution in [3.05, 3.63) is 224 Å². The largest absolute Gasteiger partial charge is 0.454 e. The van der Waals surface area contributed by atoms with Crippen molar-refractivity contribution in [1.29, 1.82) is 0 Å². The summed E-state index contributed by atoms with van der Waals surface area (Å²) in [6.07, 6.45) is 0. The molecule has 6 nitrogen and oxygen atoms in total. The molecule has 0 fully saturated rings. The molecule has 0 aliphatic carbocycles. The highest BCUT2D eigenvalue weighted by Gasteiger charge is 2.23. The summed E-state index contributed by atoms with van der Waals surface area (Å²) in [7, 11) is 0. The van der Waals surface area contributed by atoms with Gasteiger partial charge in [0, 0.05) is 54.7 Å². The van der Waals surface area contributed by atoms with Gasteiger partial charge in [-0.2, -0.15) is 0 Å². The van der Waals surface area contributed by atoms with Gasteiger partial charge in [-0.3, -0.25) is 0 Å². The Morgan fingerprint density at radius 2 is 0.821 bits per heavy atom. The zero-order chi connectivity index (χ0) is 44.0. The molecule has 14 rings (SSSR count). The summed E-state index contributed by atoms with van der Waals surface area (Å²) in [5.41, 5.74) is 12.9. The second kappa shape index (κ2) is 14.7. The van der Waals surface area contributed by atoms with Crippen LogP contribution in [0.3, 0.4) is 0 Å². The predicted molar refractivity (Wildman–Crippen MR) is 275 cm³/mol. The maximum Gasteiger partial charge on any atom is 0.164 e. The van der Waals surface area contributed by atoms with Crippen molar-refractivity contribution in [3.63, 3.8) is 0 Å². The van der Waals surface area contributed by atoms with Crippen molar-refractivity contribution in [3.8, 4) is 56.7 Å². The Morgan fingerprint density at radius 3 is 1.58 bits per heavy atom. The summed E-state index contributed by atoms with van der Waals surface area (Å²) in [6, 6.07) is 79.1. The molecule has 0 aliphatic rings. The first kappa shape index (κ1) is 37.3. The molecule has 6 heteroatoms. The first-order chi connectivity index (χ1) is 33.2. The minimum absolute atomic E-state index is 0.565. The molecule has 4 heterocycles. The number of hydrogen-bond donors (Lipinski definition) is 0. The van der Waals surface area contributed by atoms with E-state index in [-0.39, 0.29) is 0 Å². The highest BCUT2D eigenvalue weighted by molar-refractivity contribution is 6.16. The van der Waals surface area contributed by atoms with E-state index in [9.17, 15) is 0 Å². The summed E-state index contributed by atoms with van der Waals surface area (Å²) < 4.78 is 11.5. The number of aromatic nitrogens is 5. The van der Waals surface area contributed by atoms with E-state index in [1.54, 1.807) is 0 Å². The lowest BCUT2D eigenvalue weighted by molar-refractivity contribution is 0.666. The molecule has 0 atom stereocenters. The highest BCUT2D eigenvalue weighted by Crippen LogP contribution is 2.42. The molecule has 4 aromatic heterocycles. The third-order valence-electron chi connectivity index (χ3n) is 13.3. The van der Waals surface area contributed by atoms with E-state index in [1.807, 2.05) is 18.2 Å². The summed E-state index contributed by atoms with van der Waals surface area (Å²) >= 11 is 0. The lowest BCUT2D eigenvalue weighted by Gasteiger charge is -2.13. The Kier molecular flexibility index (Phi) is 8.18. The molecular formula is C61H37N5O. The number of benzene rings is 10. The number of para-hydroxylation sites is 4. The van der Waals surface area contributed by atoms with Gasteiger partial charge in [0.15, 0.2) is 23.1 Å². The Balaban J connectivity index is 1.04. The molecular weight excluding hydrogens is 819 g/mol. The third-order valence-corrected chi connectivity index (χ3v) is 13.3. The van der Waals surface area contributed by atoms with Gasteiger partial charge in [-0.25, -0.2) is 15.0 Å². The molecule has 0 saturated carbocycles. The Morgan fingerprint density at radius 1 is 0.299 bits per heavy atom. The predicted octanol–water partition coefficient (Wildman–Crippen LogP) is 15.8. The summed E-state index contributed by atoms with van der Waals surface area (Å²) in [4.78, 5) is 16.1. The standard InChI is InChI=1S/C61H37N5O/c1-3-15-38(16-4-1)39-27-29-40(30-28-39)59-62-60(43-31-32-48-46-21-9-12-24-52(46)65(54(48)36-43)45-19-5-2-6-20-45)64-61(63-59)44-34-51-49-23-11-14-26-57(49)67-58(51)56(37-44)66-53-25-13-10-22-47(53)50-33-41-17-7-8-18-42(41)35-55(50)66/h1-37H. The first-order valence-corrected chi connectivity index (χ1v) is 22.6. The molecule has 0 N–H and O–H groups in total. The molecule has 10 aromatic carbocycles. The van der Waals surface area contributed by atoms with Crippen LogP contribution in [0.2, 0.25) is 0 Å². The smallest absolute Gasteiger partial charge is 0.164 e. The van der Waals surface area contributed by atoms with Crippen LogP contribution in [-0.2, 0) is 0 Å². The molecule has 67 heavy (non-hydrogen) atoms. The SMILES string of the molecule is c1ccc(-c2ccc(-c3nc(-c4cc(-n5c6ccccc6c6cc7ccccc7cc65)c5oc6ccccc6c5c4)nc(-c4ccc5c6ccccc6n(-c6ccccc6)c5c4)n3)cc2)cc1. The van der Waals surface area contributed by atoms with Gasteiger partial charge < -0.3 is 13.6 Å². The average molecular weight is 856 g/mol. The van der Waals surface area contributed by atoms with Crippen LogP contribution in [0.4, 0.5) is 0 Å². The van der Waals surface area contributed by atoms with Gasteiger partial charge in [0.2, 0.25) is 0 Å². The molecule has 14 aromatic rings. The average Bonchev–Trinajstić information content (AvgIpc) is 4.05. The van der Waals surface area contributed by atoms with Gasteiger partial charge in [0.1, 0.15) is 5.58 Å². The van der Waals surface area contributed by atoms with Gasteiger partial charge in [0.05, 0.1) is 27.8 Å². The van der Waals surface area contributed by atoms with Crippen molar-refractivity contribution in [2.24, 2.45) is 0 Å². The maximum atomic E-state index is 6.85. The van der Waals surface area contributed by atoms with Crippen LogP contribution < -0.4 is 0 Å². The van der Waals surface area contributed by atoms with E-state index in [1.165, 1.54) is 26.9 Å². The number of rotatable bonds is 6. The Labute approximate surface area is 384 Å². The van der Waals surface area contributed by atoms with E-state index >= 15 is 0 Å². The van der Waals surface area contributed by atoms with Gasteiger partial charge >= 0.3 is 0 Å². The zero-order valence-electron chi connectivity index (χ0n) is 36.0. The van der Waals surface area contributed by atoms with E-state index in [0.717, 1.165) is 88.6 Å². The van der Waals surface area contributed by atoms with Gasteiger partial charge in [-0.15, -0.1) is 0 Å².